The Labute approximate surface area is 79.5 Å². The molecule has 0 aromatic rings. The Hall–Kier alpha value is -0.610. The number of hydrogen-bond acceptors (Lipinski definition) is 8. The molecule has 0 rings (SSSR count). The molecule has 4 unspecified atom stereocenters. The number of carbonyl (C=O) groups is 1. The van der Waals surface area contributed by atoms with Gasteiger partial charge in [0.05, 0.1) is 6.10 Å². The standard InChI is InChI=1S/C6H12O5.H2O3/c1-3(8)5(10)6(11)4(9)2-7;1-3-2/h2-6,8-11H,1H3;1-2H. The van der Waals surface area contributed by atoms with E-state index in [0.29, 0.717) is 0 Å². The molecule has 0 aliphatic heterocycles. The molecular formula is C6H14O8. The van der Waals surface area contributed by atoms with Crippen molar-refractivity contribution in [1.29, 1.82) is 0 Å². The Kier molecular flexibility index (Phi) is 10.1. The minimum atomic E-state index is -1.65. The predicted octanol–water partition coefficient (Wildman–Crippen LogP) is -2.40. The predicted molar refractivity (Wildman–Crippen MR) is 42.1 cm³/mol. The molecule has 0 bridgehead atoms. The third kappa shape index (κ3) is 6.86. The van der Waals surface area contributed by atoms with Gasteiger partial charge in [-0.05, 0) is 6.92 Å². The highest BCUT2D eigenvalue weighted by Gasteiger charge is 2.27. The van der Waals surface area contributed by atoms with Crippen molar-refractivity contribution in [2.45, 2.75) is 31.3 Å². The second-order valence-corrected chi connectivity index (χ2v) is 2.43. The molecule has 0 amide bonds. The first-order valence-corrected chi connectivity index (χ1v) is 3.54. The van der Waals surface area contributed by atoms with Gasteiger partial charge in [0.25, 0.3) is 0 Å². The summed E-state index contributed by atoms with van der Waals surface area (Å²) in [6.07, 6.45) is -5.88. The van der Waals surface area contributed by atoms with Gasteiger partial charge in [-0.2, -0.15) is 0 Å². The van der Waals surface area contributed by atoms with Gasteiger partial charge in [0.1, 0.15) is 18.3 Å². The molecule has 0 heterocycles. The van der Waals surface area contributed by atoms with E-state index in [9.17, 15) is 4.79 Å². The third-order valence-electron chi connectivity index (χ3n) is 1.33. The molecule has 6 N–H and O–H groups in total. The van der Waals surface area contributed by atoms with Crippen LogP contribution in [0.2, 0.25) is 0 Å². The number of hydrogen-bond donors (Lipinski definition) is 6. The van der Waals surface area contributed by atoms with E-state index in [1.807, 2.05) is 0 Å². The summed E-state index contributed by atoms with van der Waals surface area (Å²) in [5, 5.41) is 50.6. The van der Waals surface area contributed by atoms with Crippen molar-refractivity contribution < 1.29 is 40.8 Å². The molecule has 0 saturated heterocycles. The van der Waals surface area contributed by atoms with Crippen molar-refractivity contribution in [2.24, 2.45) is 0 Å². The summed E-state index contributed by atoms with van der Waals surface area (Å²) >= 11 is 0. The van der Waals surface area contributed by atoms with Gasteiger partial charge in [-0.25, -0.2) is 10.5 Å². The van der Waals surface area contributed by atoms with E-state index in [2.05, 4.69) is 5.04 Å². The second kappa shape index (κ2) is 8.97. The summed E-state index contributed by atoms with van der Waals surface area (Å²) in [7, 11) is 0. The SMILES string of the molecule is CC(O)C(O)C(O)C(O)C=O.OOO. The summed E-state index contributed by atoms with van der Waals surface area (Å²) in [5.41, 5.74) is 0. The van der Waals surface area contributed by atoms with Crippen LogP contribution in [0.5, 0.6) is 0 Å². The largest absolute Gasteiger partial charge is 0.391 e. The maximum absolute atomic E-state index is 9.87. The van der Waals surface area contributed by atoms with Crippen LogP contribution in [-0.4, -0.2) is 61.6 Å². The van der Waals surface area contributed by atoms with E-state index in [1.165, 1.54) is 6.92 Å². The molecule has 4 atom stereocenters. The molecule has 0 spiro atoms. The van der Waals surface area contributed by atoms with Gasteiger partial charge in [-0.15, -0.1) is 0 Å². The lowest BCUT2D eigenvalue weighted by Gasteiger charge is -2.21. The molecule has 0 aromatic heterocycles. The van der Waals surface area contributed by atoms with Gasteiger partial charge in [0.15, 0.2) is 6.29 Å². The normalized spacial score (nSPS) is 18.5. The Bertz CT molecular complexity index is 138. The topological polar surface area (TPSA) is 148 Å². The number of carbonyl (C=O) groups excluding carboxylic acids is 1. The van der Waals surface area contributed by atoms with Crippen molar-refractivity contribution in [3.05, 3.63) is 0 Å². The first kappa shape index (κ1) is 15.8. The van der Waals surface area contributed by atoms with Crippen molar-refractivity contribution in [2.75, 3.05) is 0 Å². The van der Waals surface area contributed by atoms with Gasteiger partial charge in [-0.3, -0.25) is 0 Å². The molecule has 86 valence electrons. The maximum atomic E-state index is 9.87. The molecule has 0 aromatic carbocycles. The number of aliphatic hydroxyl groups is 4. The van der Waals surface area contributed by atoms with Crippen molar-refractivity contribution in [3.63, 3.8) is 0 Å². The van der Waals surface area contributed by atoms with E-state index in [-0.39, 0.29) is 6.29 Å². The zero-order valence-corrected chi connectivity index (χ0v) is 7.39. The Morgan fingerprint density at radius 1 is 1.07 bits per heavy atom. The van der Waals surface area contributed by atoms with E-state index >= 15 is 0 Å². The molecule has 0 radical (unpaired) electrons. The van der Waals surface area contributed by atoms with Crippen LogP contribution in [0.4, 0.5) is 0 Å². The lowest BCUT2D eigenvalue weighted by atomic mass is 10.1. The first-order chi connectivity index (χ1) is 6.42. The molecule has 0 aliphatic carbocycles. The molecule has 8 heteroatoms. The average Bonchev–Trinajstić information content (AvgIpc) is 2.15. The minimum Gasteiger partial charge on any atom is -0.391 e. The molecule has 8 nitrogen and oxygen atoms in total. The quantitative estimate of drug-likeness (QED) is 0.172. The van der Waals surface area contributed by atoms with E-state index < -0.39 is 24.4 Å². The van der Waals surface area contributed by atoms with Crippen LogP contribution >= 0.6 is 0 Å². The zero-order chi connectivity index (χ0) is 11.7. The van der Waals surface area contributed by atoms with Gasteiger partial charge in [0.2, 0.25) is 0 Å². The third-order valence-corrected chi connectivity index (χ3v) is 1.33. The zero-order valence-electron chi connectivity index (χ0n) is 7.39. The van der Waals surface area contributed by atoms with Crippen LogP contribution in [0.1, 0.15) is 6.92 Å². The van der Waals surface area contributed by atoms with Crippen molar-refractivity contribution in [3.8, 4) is 0 Å². The summed E-state index contributed by atoms with van der Waals surface area (Å²) in [6.45, 7) is 1.24. The molecular weight excluding hydrogens is 200 g/mol. The van der Waals surface area contributed by atoms with Crippen LogP contribution in [0, 0.1) is 0 Å². The summed E-state index contributed by atoms with van der Waals surface area (Å²) in [6, 6.07) is 0. The van der Waals surface area contributed by atoms with Gasteiger partial charge < -0.3 is 25.2 Å². The van der Waals surface area contributed by atoms with Crippen LogP contribution in [0.25, 0.3) is 0 Å². The van der Waals surface area contributed by atoms with Crippen molar-refractivity contribution >= 4 is 6.29 Å². The minimum absolute atomic E-state index is 0.0935. The molecule has 0 saturated carbocycles. The average molecular weight is 214 g/mol. The lowest BCUT2D eigenvalue weighted by molar-refractivity contribution is -0.465. The fourth-order valence-corrected chi connectivity index (χ4v) is 0.568. The fourth-order valence-electron chi connectivity index (χ4n) is 0.568. The monoisotopic (exact) mass is 214 g/mol. The highest BCUT2D eigenvalue weighted by Crippen LogP contribution is 2.02. The summed E-state index contributed by atoms with van der Waals surface area (Å²) in [4.78, 5) is 9.87. The van der Waals surface area contributed by atoms with Gasteiger partial charge >= 0.3 is 0 Å². The summed E-state index contributed by atoms with van der Waals surface area (Å²) in [5.74, 6) is 0. The fraction of sp³-hybridized carbons (Fsp3) is 0.833. The molecule has 0 fully saturated rings. The Morgan fingerprint density at radius 3 is 1.64 bits per heavy atom. The Balaban J connectivity index is 0. The van der Waals surface area contributed by atoms with Gasteiger partial charge in [-0.1, -0.05) is 5.04 Å². The van der Waals surface area contributed by atoms with Gasteiger partial charge in [0, 0.05) is 0 Å². The first-order valence-electron chi connectivity index (χ1n) is 3.54. The van der Waals surface area contributed by atoms with Crippen LogP contribution < -0.4 is 0 Å². The van der Waals surface area contributed by atoms with Crippen LogP contribution in [0.15, 0.2) is 0 Å². The second-order valence-electron chi connectivity index (χ2n) is 2.43. The smallest absolute Gasteiger partial charge is 0.151 e. The number of rotatable bonds is 4. The highest BCUT2D eigenvalue weighted by atomic mass is 17.4. The molecule has 14 heavy (non-hydrogen) atoms. The molecule has 0 aliphatic rings. The van der Waals surface area contributed by atoms with E-state index in [1.54, 1.807) is 0 Å². The lowest BCUT2D eigenvalue weighted by Crippen LogP contribution is -2.43. The Morgan fingerprint density at radius 2 is 1.43 bits per heavy atom. The van der Waals surface area contributed by atoms with Crippen LogP contribution in [-0.2, 0) is 9.83 Å². The van der Waals surface area contributed by atoms with Crippen molar-refractivity contribution in [1.82, 2.24) is 0 Å². The van der Waals surface area contributed by atoms with E-state index in [0.717, 1.165) is 0 Å². The van der Waals surface area contributed by atoms with Crippen LogP contribution in [0.3, 0.4) is 0 Å². The number of aldehydes is 1. The summed E-state index contributed by atoms with van der Waals surface area (Å²) < 4.78 is 0. The van der Waals surface area contributed by atoms with E-state index in [4.69, 9.17) is 30.9 Å². The highest BCUT2D eigenvalue weighted by molar-refractivity contribution is 5.56. The number of aliphatic hydroxyl groups excluding tert-OH is 4. The maximum Gasteiger partial charge on any atom is 0.151 e.